The summed E-state index contributed by atoms with van der Waals surface area (Å²) >= 11 is 0. The first-order valence-electron chi connectivity index (χ1n) is 7.21. The molecule has 110 valence electrons. The fraction of sp³-hybridized carbons (Fsp3) is 0.500. The highest BCUT2D eigenvalue weighted by atomic mass is 16.2. The van der Waals surface area contributed by atoms with Gasteiger partial charge in [-0.3, -0.25) is 9.59 Å². The Labute approximate surface area is 121 Å². The maximum absolute atomic E-state index is 12.2. The van der Waals surface area contributed by atoms with Gasteiger partial charge in [0, 0.05) is 25.7 Å². The third kappa shape index (κ3) is 5.43. The molecule has 1 aromatic carbocycles. The van der Waals surface area contributed by atoms with Gasteiger partial charge in [-0.25, -0.2) is 0 Å². The number of amides is 2. The van der Waals surface area contributed by atoms with E-state index in [-0.39, 0.29) is 11.8 Å². The number of benzene rings is 1. The Morgan fingerprint density at radius 2 is 1.80 bits per heavy atom. The quantitative estimate of drug-likeness (QED) is 0.832. The number of likely N-dealkylation sites (N-methyl/N-ethyl adjacent to an activating group) is 1. The molecule has 0 aliphatic carbocycles. The number of rotatable bonds is 7. The van der Waals surface area contributed by atoms with Crippen LogP contribution in [0.3, 0.4) is 0 Å². The fourth-order valence-corrected chi connectivity index (χ4v) is 2.00. The molecule has 0 bridgehead atoms. The Morgan fingerprint density at radius 1 is 1.15 bits per heavy atom. The van der Waals surface area contributed by atoms with Crippen molar-refractivity contribution >= 4 is 17.5 Å². The highest BCUT2D eigenvalue weighted by Crippen LogP contribution is 2.11. The number of hydrogen-bond acceptors (Lipinski definition) is 2. The Morgan fingerprint density at radius 3 is 2.30 bits per heavy atom. The van der Waals surface area contributed by atoms with Crippen molar-refractivity contribution in [3.05, 3.63) is 29.8 Å². The Balaban J connectivity index is 2.58. The molecule has 0 aromatic heterocycles. The molecular formula is C16H24N2O2. The minimum Gasteiger partial charge on any atom is -0.343 e. The molecule has 2 amide bonds. The SMILES string of the molecule is CCCCN(CC)C(=O)Cc1ccc(NC(C)=O)cc1. The lowest BCUT2D eigenvalue weighted by molar-refractivity contribution is -0.130. The molecule has 0 aliphatic rings. The highest BCUT2D eigenvalue weighted by Gasteiger charge is 2.11. The predicted octanol–water partition coefficient (Wildman–Crippen LogP) is 2.84. The van der Waals surface area contributed by atoms with E-state index < -0.39 is 0 Å². The third-order valence-electron chi connectivity index (χ3n) is 3.15. The van der Waals surface area contributed by atoms with Gasteiger partial charge in [-0.1, -0.05) is 25.5 Å². The van der Waals surface area contributed by atoms with Crippen LogP contribution in [0, 0.1) is 0 Å². The molecule has 0 atom stereocenters. The number of nitrogens with zero attached hydrogens (tertiary/aromatic N) is 1. The summed E-state index contributed by atoms with van der Waals surface area (Å²) in [6.07, 6.45) is 2.55. The second kappa shape index (κ2) is 8.35. The first kappa shape index (κ1) is 16.2. The molecule has 0 spiro atoms. The predicted molar refractivity (Wildman–Crippen MR) is 81.6 cm³/mol. The van der Waals surface area contributed by atoms with Gasteiger partial charge in [0.05, 0.1) is 6.42 Å². The van der Waals surface area contributed by atoms with E-state index >= 15 is 0 Å². The number of nitrogens with one attached hydrogen (secondary N) is 1. The molecule has 0 unspecified atom stereocenters. The van der Waals surface area contributed by atoms with Crippen molar-refractivity contribution in [2.24, 2.45) is 0 Å². The lowest BCUT2D eigenvalue weighted by Gasteiger charge is -2.20. The van der Waals surface area contributed by atoms with Crippen LogP contribution in [0.5, 0.6) is 0 Å². The number of unbranched alkanes of at least 4 members (excludes halogenated alkanes) is 1. The number of anilines is 1. The van der Waals surface area contributed by atoms with Gasteiger partial charge in [0.15, 0.2) is 0 Å². The van der Waals surface area contributed by atoms with Crippen LogP contribution in [-0.4, -0.2) is 29.8 Å². The van der Waals surface area contributed by atoms with E-state index in [0.29, 0.717) is 6.42 Å². The molecule has 0 radical (unpaired) electrons. The number of carbonyl (C=O) groups excluding carboxylic acids is 2. The summed E-state index contributed by atoms with van der Waals surface area (Å²) in [4.78, 5) is 25.0. The normalized spacial score (nSPS) is 10.2. The molecule has 1 aromatic rings. The standard InChI is InChI=1S/C16H24N2O2/c1-4-6-11-18(5-2)16(20)12-14-7-9-15(10-8-14)17-13(3)19/h7-10H,4-6,11-12H2,1-3H3,(H,17,19). The Bertz CT molecular complexity index is 440. The molecule has 0 saturated heterocycles. The average Bonchev–Trinajstić information content (AvgIpc) is 2.41. The minimum absolute atomic E-state index is 0.0921. The van der Waals surface area contributed by atoms with Crippen LogP contribution < -0.4 is 5.32 Å². The first-order chi connectivity index (χ1) is 9.56. The van der Waals surface area contributed by atoms with Gasteiger partial charge < -0.3 is 10.2 Å². The van der Waals surface area contributed by atoms with Gasteiger partial charge in [-0.2, -0.15) is 0 Å². The monoisotopic (exact) mass is 276 g/mol. The first-order valence-corrected chi connectivity index (χ1v) is 7.21. The summed E-state index contributed by atoms with van der Waals surface area (Å²) in [5.74, 6) is 0.0683. The maximum atomic E-state index is 12.2. The lowest BCUT2D eigenvalue weighted by atomic mass is 10.1. The molecule has 4 nitrogen and oxygen atoms in total. The summed E-state index contributed by atoms with van der Waals surface area (Å²) in [5, 5.41) is 2.71. The average molecular weight is 276 g/mol. The van der Waals surface area contributed by atoms with Crippen molar-refractivity contribution in [3.8, 4) is 0 Å². The molecule has 4 heteroatoms. The molecule has 1 N–H and O–H groups in total. The molecule has 0 heterocycles. The van der Waals surface area contributed by atoms with E-state index in [4.69, 9.17) is 0 Å². The van der Waals surface area contributed by atoms with Crippen LogP contribution >= 0.6 is 0 Å². The van der Waals surface area contributed by atoms with E-state index in [1.807, 2.05) is 36.1 Å². The Hall–Kier alpha value is -1.84. The Kier molecular flexibility index (Phi) is 6.77. The van der Waals surface area contributed by atoms with Gasteiger partial charge in [0.1, 0.15) is 0 Å². The van der Waals surface area contributed by atoms with Crippen molar-refractivity contribution in [2.75, 3.05) is 18.4 Å². The molecule has 0 saturated carbocycles. The van der Waals surface area contributed by atoms with Gasteiger partial charge >= 0.3 is 0 Å². The summed E-state index contributed by atoms with van der Waals surface area (Å²) in [7, 11) is 0. The van der Waals surface area contributed by atoms with E-state index in [0.717, 1.165) is 37.2 Å². The molecule has 0 fully saturated rings. The lowest BCUT2D eigenvalue weighted by Crippen LogP contribution is -2.32. The maximum Gasteiger partial charge on any atom is 0.226 e. The zero-order chi connectivity index (χ0) is 15.0. The summed E-state index contributed by atoms with van der Waals surface area (Å²) < 4.78 is 0. The van der Waals surface area contributed by atoms with Crippen LogP contribution in [0.2, 0.25) is 0 Å². The van der Waals surface area contributed by atoms with E-state index in [1.165, 1.54) is 6.92 Å². The summed E-state index contributed by atoms with van der Waals surface area (Å²) in [6.45, 7) is 7.19. The third-order valence-corrected chi connectivity index (χ3v) is 3.15. The molecule has 0 aliphatic heterocycles. The smallest absolute Gasteiger partial charge is 0.226 e. The van der Waals surface area contributed by atoms with Crippen LogP contribution in [0.4, 0.5) is 5.69 Å². The van der Waals surface area contributed by atoms with Crippen molar-refractivity contribution in [2.45, 2.75) is 40.0 Å². The molecule has 1 rings (SSSR count). The van der Waals surface area contributed by atoms with Gasteiger partial charge in [-0.15, -0.1) is 0 Å². The highest BCUT2D eigenvalue weighted by molar-refractivity contribution is 5.88. The second-order valence-corrected chi connectivity index (χ2v) is 4.88. The van der Waals surface area contributed by atoms with Crippen molar-refractivity contribution in [1.29, 1.82) is 0 Å². The van der Waals surface area contributed by atoms with E-state index in [2.05, 4.69) is 12.2 Å². The molecular weight excluding hydrogens is 252 g/mol. The van der Waals surface area contributed by atoms with E-state index in [1.54, 1.807) is 0 Å². The zero-order valence-electron chi connectivity index (χ0n) is 12.6. The summed E-state index contributed by atoms with van der Waals surface area (Å²) in [6, 6.07) is 7.42. The van der Waals surface area contributed by atoms with Gasteiger partial charge in [-0.05, 0) is 31.0 Å². The zero-order valence-corrected chi connectivity index (χ0v) is 12.6. The fourth-order valence-electron chi connectivity index (χ4n) is 2.00. The topological polar surface area (TPSA) is 49.4 Å². The van der Waals surface area contributed by atoms with Gasteiger partial charge in [0.2, 0.25) is 11.8 Å². The van der Waals surface area contributed by atoms with Gasteiger partial charge in [0.25, 0.3) is 0 Å². The summed E-state index contributed by atoms with van der Waals surface area (Å²) in [5.41, 5.74) is 1.73. The van der Waals surface area contributed by atoms with Crippen LogP contribution in [0.25, 0.3) is 0 Å². The minimum atomic E-state index is -0.0921. The van der Waals surface area contributed by atoms with E-state index in [9.17, 15) is 9.59 Å². The second-order valence-electron chi connectivity index (χ2n) is 4.88. The van der Waals surface area contributed by atoms with Crippen molar-refractivity contribution in [1.82, 2.24) is 4.90 Å². The number of hydrogen-bond donors (Lipinski definition) is 1. The van der Waals surface area contributed by atoms with Crippen molar-refractivity contribution in [3.63, 3.8) is 0 Å². The van der Waals surface area contributed by atoms with Crippen LogP contribution in [0.15, 0.2) is 24.3 Å². The largest absolute Gasteiger partial charge is 0.343 e. The molecule has 20 heavy (non-hydrogen) atoms. The van der Waals surface area contributed by atoms with Crippen LogP contribution in [-0.2, 0) is 16.0 Å². The van der Waals surface area contributed by atoms with Crippen LogP contribution in [0.1, 0.15) is 39.2 Å². The van der Waals surface area contributed by atoms with Crippen molar-refractivity contribution < 1.29 is 9.59 Å². The number of carbonyl (C=O) groups is 2.